The number of anilines is 2. The summed E-state index contributed by atoms with van der Waals surface area (Å²) in [6, 6.07) is 18.9. The molecule has 0 aliphatic heterocycles. The topological polar surface area (TPSA) is 94.0 Å². The van der Waals surface area contributed by atoms with E-state index >= 15 is 0 Å². The van der Waals surface area contributed by atoms with Gasteiger partial charge in [0.1, 0.15) is 23.7 Å². The van der Waals surface area contributed by atoms with Crippen molar-refractivity contribution in [3.05, 3.63) is 102 Å². The van der Waals surface area contributed by atoms with Crippen LogP contribution >= 0.6 is 0 Å². The lowest BCUT2D eigenvalue weighted by atomic mass is 10.1. The van der Waals surface area contributed by atoms with Gasteiger partial charge < -0.3 is 19.9 Å². The van der Waals surface area contributed by atoms with Gasteiger partial charge in [-0.15, -0.1) is 0 Å². The minimum Gasteiger partial charge on any atom is -0.457 e. The zero-order chi connectivity index (χ0) is 28.3. The second kappa shape index (κ2) is 11.0. The van der Waals surface area contributed by atoms with E-state index < -0.39 is 24.6 Å². The first-order valence-corrected chi connectivity index (χ1v) is 12.0. The lowest BCUT2D eigenvalue weighted by Crippen LogP contribution is -2.34. The molecule has 0 unspecified atom stereocenters. The number of fused-ring (bicyclic) bond motifs is 1. The van der Waals surface area contributed by atoms with Crippen molar-refractivity contribution in [2.45, 2.75) is 12.6 Å². The number of aryl methyl sites for hydroxylation is 1. The van der Waals surface area contributed by atoms with Gasteiger partial charge in [0.2, 0.25) is 11.9 Å². The number of pyridine rings is 2. The number of hydrogen-bond donors (Lipinski definition) is 2. The van der Waals surface area contributed by atoms with Crippen molar-refractivity contribution in [2.75, 3.05) is 11.9 Å². The average Bonchev–Trinajstić information content (AvgIpc) is 3.21. The number of carbonyl (C=O) groups excluding carboxylic acids is 1. The van der Waals surface area contributed by atoms with E-state index in [0.29, 0.717) is 23.6 Å². The number of hydrogen-bond acceptors (Lipinski definition) is 6. The Morgan fingerprint density at radius 2 is 1.73 bits per heavy atom. The molecule has 0 spiro atoms. The Labute approximate surface area is 225 Å². The molecule has 0 radical (unpaired) electrons. The number of amides is 1. The minimum absolute atomic E-state index is 0.205. The molecule has 40 heavy (non-hydrogen) atoms. The molecule has 0 fully saturated rings. The van der Waals surface area contributed by atoms with E-state index in [-0.39, 0.29) is 11.4 Å². The zero-order valence-corrected chi connectivity index (χ0v) is 21.0. The number of imidazole rings is 1. The van der Waals surface area contributed by atoms with E-state index in [1.807, 2.05) is 41.9 Å². The predicted octanol–water partition coefficient (Wildman–Crippen LogP) is 5.92. The molecule has 2 aromatic carbocycles. The molecule has 3 heterocycles. The quantitative estimate of drug-likeness (QED) is 0.184. The Bertz CT molecular complexity index is 1690. The molecule has 5 aromatic rings. The van der Waals surface area contributed by atoms with Crippen LogP contribution in [0.5, 0.6) is 11.5 Å². The lowest BCUT2D eigenvalue weighted by Gasteiger charge is -2.09. The number of halogens is 4. The van der Waals surface area contributed by atoms with Gasteiger partial charge in [0.15, 0.2) is 0 Å². The van der Waals surface area contributed by atoms with Gasteiger partial charge in [0.05, 0.1) is 11.0 Å². The number of nitrogens with one attached hydrogen (secondary N) is 2. The molecule has 0 atom stereocenters. The normalized spacial score (nSPS) is 11.4. The van der Waals surface area contributed by atoms with E-state index in [1.54, 1.807) is 23.5 Å². The summed E-state index contributed by atoms with van der Waals surface area (Å²) in [5.74, 6) is -0.267. The molecule has 5 rings (SSSR count). The molecular weight excluding hydrogens is 528 g/mol. The fraction of sp³-hybridized carbons (Fsp3) is 0.143. The van der Waals surface area contributed by atoms with E-state index in [2.05, 4.69) is 20.3 Å². The van der Waals surface area contributed by atoms with Crippen LogP contribution in [0.3, 0.4) is 0 Å². The predicted molar refractivity (Wildman–Crippen MR) is 140 cm³/mol. The van der Waals surface area contributed by atoms with Crippen molar-refractivity contribution < 1.29 is 27.1 Å². The highest BCUT2D eigenvalue weighted by Gasteiger charge is 2.28. The van der Waals surface area contributed by atoms with Crippen molar-refractivity contribution in [3.63, 3.8) is 0 Å². The van der Waals surface area contributed by atoms with Crippen molar-refractivity contribution in [1.29, 1.82) is 0 Å². The van der Waals surface area contributed by atoms with E-state index in [9.17, 15) is 22.4 Å². The second-order valence-electron chi connectivity index (χ2n) is 8.91. The summed E-state index contributed by atoms with van der Waals surface area (Å²) in [6.07, 6.45) is -1.27. The summed E-state index contributed by atoms with van der Waals surface area (Å²) >= 11 is 0. The van der Waals surface area contributed by atoms with Crippen LogP contribution in [0.15, 0.2) is 79.1 Å². The molecule has 1 amide bonds. The van der Waals surface area contributed by atoms with Crippen LogP contribution in [0.1, 0.15) is 21.6 Å². The number of carbonyl (C=O) groups is 1. The minimum atomic E-state index is -4.53. The number of alkyl halides is 3. The third-order valence-electron chi connectivity index (χ3n) is 5.88. The van der Waals surface area contributed by atoms with Crippen molar-refractivity contribution >= 4 is 28.6 Å². The SMILES string of the molecule is Cn1c(Nc2cccc(Cc3ccnc(F)c3)c2)nc2cc(Oc3ccnc(C(=O)NCC(F)(F)F)c3)ccc21. The molecule has 12 heteroatoms. The largest absolute Gasteiger partial charge is 0.457 e. The standard InChI is InChI=1S/C28H22F4N6O2/c1-38-24-6-5-20(40-21-8-10-33-23(15-21)26(39)35-16-28(30,31)32)14-22(24)37-27(38)36-19-4-2-3-17(12-19)11-18-7-9-34-25(29)13-18/h2-10,12-15H,11,16H2,1H3,(H,35,39)(H,36,37). The summed E-state index contributed by atoms with van der Waals surface area (Å²) in [6.45, 7) is -1.46. The van der Waals surface area contributed by atoms with Crippen molar-refractivity contribution in [3.8, 4) is 11.5 Å². The monoisotopic (exact) mass is 550 g/mol. The molecule has 2 N–H and O–H groups in total. The maximum absolute atomic E-state index is 13.5. The highest BCUT2D eigenvalue weighted by molar-refractivity contribution is 5.92. The second-order valence-corrected chi connectivity index (χ2v) is 8.91. The number of aromatic nitrogens is 4. The number of ether oxygens (including phenoxy) is 1. The lowest BCUT2D eigenvalue weighted by molar-refractivity contribution is -0.123. The molecule has 0 aliphatic carbocycles. The molecular formula is C28H22F4N6O2. The van der Waals surface area contributed by atoms with Crippen LogP contribution < -0.4 is 15.4 Å². The summed E-state index contributed by atoms with van der Waals surface area (Å²) in [5, 5.41) is 5.08. The Kier molecular flexibility index (Phi) is 7.32. The van der Waals surface area contributed by atoms with Crippen molar-refractivity contribution in [1.82, 2.24) is 24.8 Å². The van der Waals surface area contributed by atoms with Gasteiger partial charge in [-0.3, -0.25) is 9.78 Å². The first-order valence-electron chi connectivity index (χ1n) is 12.0. The van der Waals surface area contributed by atoms with Crippen LogP contribution in [-0.2, 0) is 13.5 Å². The van der Waals surface area contributed by atoms with Gasteiger partial charge in [-0.2, -0.15) is 17.6 Å². The molecule has 204 valence electrons. The van der Waals surface area contributed by atoms with Crippen LogP contribution in [0.4, 0.5) is 29.2 Å². The van der Waals surface area contributed by atoms with Crippen LogP contribution in [0.25, 0.3) is 11.0 Å². The Balaban J connectivity index is 1.30. The molecule has 3 aromatic heterocycles. The molecule has 0 bridgehead atoms. The summed E-state index contributed by atoms with van der Waals surface area (Å²) < 4.78 is 58.4. The number of rotatable bonds is 8. The van der Waals surface area contributed by atoms with Gasteiger partial charge in [-0.1, -0.05) is 12.1 Å². The first-order chi connectivity index (χ1) is 19.1. The number of nitrogens with zero attached hydrogens (tertiary/aromatic N) is 4. The maximum Gasteiger partial charge on any atom is 0.405 e. The fourth-order valence-electron chi connectivity index (χ4n) is 4.04. The van der Waals surface area contributed by atoms with E-state index in [0.717, 1.165) is 22.3 Å². The van der Waals surface area contributed by atoms with Gasteiger partial charge in [-0.05, 0) is 60.0 Å². The maximum atomic E-state index is 13.5. The first kappa shape index (κ1) is 26.6. The van der Waals surface area contributed by atoms with E-state index in [4.69, 9.17) is 4.74 Å². The summed E-state index contributed by atoms with van der Waals surface area (Å²) in [4.78, 5) is 24.1. The van der Waals surface area contributed by atoms with E-state index in [1.165, 1.54) is 30.6 Å². The smallest absolute Gasteiger partial charge is 0.405 e. The van der Waals surface area contributed by atoms with Gasteiger partial charge in [0, 0.05) is 37.3 Å². The third kappa shape index (κ3) is 6.52. The van der Waals surface area contributed by atoms with Gasteiger partial charge >= 0.3 is 6.18 Å². The third-order valence-corrected chi connectivity index (χ3v) is 5.88. The highest BCUT2D eigenvalue weighted by Crippen LogP contribution is 2.28. The fourth-order valence-corrected chi connectivity index (χ4v) is 4.04. The van der Waals surface area contributed by atoms with Crippen LogP contribution in [0, 0.1) is 5.95 Å². The highest BCUT2D eigenvalue weighted by atomic mass is 19.4. The zero-order valence-electron chi connectivity index (χ0n) is 21.0. The van der Waals surface area contributed by atoms with Gasteiger partial charge in [0.25, 0.3) is 5.91 Å². The molecule has 0 saturated carbocycles. The summed E-state index contributed by atoms with van der Waals surface area (Å²) in [5.41, 5.74) is 3.83. The molecule has 8 nitrogen and oxygen atoms in total. The Morgan fingerprint density at radius 3 is 2.52 bits per heavy atom. The number of benzene rings is 2. The summed E-state index contributed by atoms with van der Waals surface area (Å²) in [7, 11) is 1.86. The average molecular weight is 551 g/mol. The Hall–Kier alpha value is -5.00. The van der Waals surface area contributed by atoms with Crippen LogP contribution in [0.2, 0.25) is 0 Å². The van der Waals surface area contributed by atoms with Gasteiger partial charge in [-0.25, -0.2) is 9.97 Å². The molecule has 0 saturated heterocycles. The van der Waals surface area contributed by atoms with Crippen LogP contribution in [-0.4, -0.2) is 38.1 Å². The Morgan fingerprint density at radius 1 is 0.950 bits per heavy atom. The van der Waals surface area contributed by atoms with Crippen molar-refractivity contribution in [2.24, 2.45) is 7.05 Å². The molecule has 0 aliphatic rings.